The molecule has 2 unspecified atom stereocenters. The maximum absolute atomic E-state index is 13.2. The van der Waals surface area contributed by atoms with Gasteiger partial charge in [-0.05, 0) is 41.8 Å². The Kier molecular flexibility index (Phi) is 5.55. The molecule has 4 rings (SSSR count). The van der Waals surface area contributed by atoms with Gasteiger partial charge in [0.1, 0.15) is 11.8 Å². The second kappa shape index (κ2) is 8.16. The molecule has 2 N–H and O–H groups in total. The molecular formula is C22H23N3O5S. The monoisotopic (exact) mass is 441 g/mol. The van der Waals surface area contributed by atoms with Crippen LogP contribution in [0.25, 0.3) is 12.2 Å². The lowest BCUT2D eigenvalue weighted by molar-refractivity contribution is -0.119. The SMILES string of the molecule is COc1ccc(C=Cc2ccc3c(c2)C(=O)N2CC(NS(C)(=O)=O)CC2C(=O)N3)cc1. The number of sulfonamides is 1. The zero-order valence-corrected chi connectivity index (χ0v) is 18.0. The van der Waals surface area contributed by atoms with Crippen LogP contribution in [0.3, 0.4) is 0 Å². The standard InChI is InChI=1S/C22H23N3O5S/c1-30-17-8-5-14(6-9-17)3-4-15-7-10-19-18(11-15)22(27)25-13-16(24-31(2,28)29)12-20(25)21(26)23-19/h3-11,16,20,24H,12-13H2,1-2H3,(H,23,26). The highest BCUT2D eigenvalue weighted by atomic mass is 32.2. The van der Waals surface area contributed by atoms with Gasteiger partial charge in [-0.1, -0.05) is 30.4 Å². The van der Waals surface area contributed by atoms with Crippen molar-refractivity contribution in [3.8, 4) is 5.75 Å². The van der Waals surface area contributed by atoms with E-state index in [2.05, 4.69) is 10.0 Å². The molecule has 2 heterocycles. The maximum Gasteiger partial charge on any atom is 0.256 e. The molecule has 2 atom stereocenters. The number of rotatable bonds is 5. The van der Waals surface area contributed by atoms with Crippen LogP contribution in [-0.2, 0) is 14.8 Å². The zero-order valence-electron chi connectivity index (χ0n) is 17.2. The summed E-state index contributed by atoms with van der Waals surface area (Å²) in [6.07, 6.45) is 5.11. The van der Waals surface area contributed by atoms with Crippen LogP contribution in [-0.4, -0.2) is 57.1 Å². The van der Waals surface area contributed by atoms with Crippen LogP contribution >= 0.6 is 0 Å². The van der Waals surface area contributed by atoms with Crippen molar-refractivity contribution in [2.24, 2.45) is 0 Å². The average Bonchev–Trinajstić information content (AvgIpc) is 3.11. The van der Waals surface area contributed by atoms with E-state index in [0.29, 0.717) is 11.3 Å². The van der Waals surface area contributed by atoms with E-state index in [1.54, 1.807) is 19.2 Å². The van der Waals surface area contributed by atoms with Gasteiger partial charge in [0, 0.05) is 12.6 Å². The third-order valence-corrected chi connectivity index (χ3v) is 6.12. The third kappa shape index (κ3) is 4.62. The number of nitrogens with zero attached hydrogens (tertiary/aromatic N) is 1. The summed E-state index contributed by atoms with van der Waals surface area (Å²) in [5, 5.41) is 2.80. The maximum atomic E-state index is 13.2. The molecule has 0 aromatic heterocycles. The number of methoxy groups -OCH3 is 1. The quantitative estimate of drug-likeness (QED) is 0.690. The van der Waals surface area contributed by atoms with Crippen molar-refractivity contribution in [1.82, 2.24) is 9.62 Å². The lowest BCUT2D eigenvalue weighted by Gasteiger charge is -2.20. The van der Waals surface area contributed by atoms with Crippen molar-refractivity contribution in [2.45, 2.75) is 18.5 Å². The van der Waals surface area contributed by atoms with E-state index >= 15 is 0 Å². The normalized spacial score (nSPS) is 20.9. The van der Waals surface area contributed by atoms with Crippen LogP contribution in [0.15, 0.2) is 42.5 Å². The number of ether oxygens (including phenoxy) is 1. The van der Waals surface area contributed by atoms with Crippen molar-refractivity contribution in [3.05, 3.63) is 59.2 Å². The Morgan fingerprint density at radius 2 is 1.77 bits per heavy atom. The summed E-state index contributed by atoms with van der Waals surface area (Å²) in [4.78, 5) is 27.3. The predicted molar refractivity (Wildman–Crippen MR) is 118 cm³/mol. The number of hydrogen-bond acceptors (Lipinski definition) is 5. The first-order valence-corrected chi connectivity index (χ1v) is 11.7. The second-order valence-corrected chi connectivity index (χ2v) is 9.48. The van der Waals surface area contributed by atoms with Crippen LogP contribution in [0.5, 0.6) is 5.75 Å². The Hall–Kier alpha value is -3.17. The topological polar surface area (TPSA) is 105 Å². The minimum Gasteiger partial charge on any atom is -0.497 e. The van der Waals surface area contributed by atoms with Gasteiger partial charge in [-0.3, -0.25) is 9.59 Å². The molecule has 0 bridgehead atoms. The Balaban J connectivity index is 1.58. The summed E-state index contributed by atoms with van der Waals surface area (Å²) in [7, 11) is -1.82. The van der Waals surface area contributed by atoms with E-state index in [1.807, 2.05) is 42.5 Å². The van der Waals surface area contributed by atoms with E-state index in [9.17, 15) is 18.0 Å². The lowest BCUT2D eigenvalue weighted by Crippen LogP contribution is -2.41. The van der Waals surface area contributed by atoms with E-state index in [-0.39, 0.29) is 24.8 Å². The molecule has 1 saturated heterocycles. The van der Waals surface area contributed by atoms with Crippen molar-refractivity contribution in [2.75, 3.05) is 25.2 Å². The van der Waals surface area contributed by atoms with E-state index in [4.69, 9.17) is 4.74 Å². The fourth-order valence-corrected chi connectivity index (χ4v) is 4.70. The third-order valence-electron chi connectivity index (χ3n) is 5.36. The molecule has 8 nitrogen and oxygen atoms in total. The highest BCUT2D eigenvalue weighted by Crippen LogP contribution is 2.30. The molecule has 9 heteroatoms. The summed E-state index contributed by atoms with van der Waals surface area (Å²) in [5.74, 6) is 0.162. The number of anilines is 1. The number of benzene rings is 2. The molecule has 0 saturated carbocycles. The molecule has 2 aliphatic rings. The molecule has 1 fully saturated rings. The smallest absolute Gasteiger partial charge is 0.256 e. The first kappa shape index (κ1) is 21.1. The van der Waals surface area contributed by atoms with Crippen LogP contribution in [0.2, 0.25) is 0 Å². The fraction of sp³-hybridized carbons (Fsp3) is 0.273. The van der Waals surface area contributed by atoms with Crippen molar-refractivity contribution in [3.63, 3.8) is 0 Å². The Morgan fingerprint density at radius 3 is 2.45 bits per heavy atom. The number of carbonyl (C=O) groups is 2. The van der Waals surface area contributed by atoms with Crippen LogP contribution in [0.1, 0.15) is 27.9 Å². The highest BCUT2D eigenvalue weighted by molar-refractivity contribution is 7.88. The van der Waals surface area contributed by atoms with E-state index in [0.717, 1.165) is 23.1 Å². The first-order chi connectivity index (χ1) is 14.7. The van der Waals surface area contributed by atoms with Gasteiger partial charge in [-0.15, -0.1) is 0 Å². The lowest BCUT2D eigenvalue weighted by atomic mass is 10.1. The molecule has 0 radical (unpaired) electrons. The summed E-state index contributed by atoms with van der Waals surface area (Å²) in [6, 6.07) is 11.7. The molecule has 0 spiro atoms. The van der Waals surface area contributed by atoms with E-state index < -0.39 is 22.1 Å². The van der Waals surface area contributed by atoms with Crippen LogP contribution in [0.4, 0.5) is 5.69 Å². The van der Waals surface area contributed by atoms with Gasteiger partial charge >= 0.3 is 0 Å². The van der Waals surface area contributed by atoms with Crippen molar-refractivity contribution < 1.29 is 22.7 Å². The predicted octanol–water partition coefficient (Wildman–Crippen LogP) is 1.95. The van der Waals surface area contributed by atoms with Gasteiger partial charge in [0.15, 0.2) is 0 Å². The zero-order chi connectivity index (χ0) is 22.2. The molecule has 31 heavy (non-hydrogen) atoms. The summed E-state index contributed by atoms with van der Waals surface area (Å²) in [5.41, 5.74) is 2.62. The Bertz CT molecular complexity index is 1160. The minimum absolute atomic E-state index is 0.148. The van der Waals surface area contributed by atoms with Crippen LogP contribution in [0, 0.1) is 0 Å². The molecule has 0 aliphatic carbocycles. The van der Waals surface area contributed by atoms with Gasteiger partial charge in [0.05, 0.1) is 24.6 Å². The number of nitrogens with one attached hydrogen (secondary N) is 2. The van der Waals surface area contributed by atoms with Gasteiger partial charge in [0.2, 0.25) is 15.9 Å². The summed E-state index contributed by atoms with van der Waals surface area (Å²) in [6.45, 7) is 0.148. The highest BCUT2D eigenvalue weighted by Gasteiger charge is 2.43. The Morgan fingerprint density at radius 1 is 1.10 bits per heavy atom. The number of carbonyl (C=O) groups excluding carboxylic acids is 2. The minimum atomic E-state index is -3.44. The Labute approximate surface area is 180 Å². The number of amides is 2. The van der Waals surface area contributed by atoms with Gasteiger partial charge < -0.3 is 15.0 Å². The first-order valence-electron chi connectivity index (χ1n) is 9.79. The molecule has 2 aliphatic heterocycles. The number of fused-ring (bicyclic) bond motifs is 2. The molecule has 162 valence electrons. The fourth-order valence-electron chi connectivity index (χ4n) is 3.93. The molecule has 2 aromatic carbocycles. The summed E-state index contributed by atoms with van der Waals surface area (Å²) < 4.78 is 30.8. The van der Waals surface area contributed by atoms with Gasteiger partial charge in [-0.2, -0.15) is 0 Å². The van der Waals surface area contributed by atoms with Crippen LogP contribution < -0.4 is 14.8 Å². The molecular weight excluding hydrogens is 418 g/mol. The molecule has 2 aromatic rings. The van der Waals surface area contributed by atoms with E-state index in [1.165, 1.54) is 4.90 Å². The van der Waals surface area contributed by atoms with Crippen molar-refractivity contribution >= 4 is 39.7 Å². The largest absolute Gasteiger partial charge is 0.497 e. The second-order valence-electron chi connectivity index (χ2n) is 7.70. The summed E-state index contributed by atoms with van der Waals surface area (Å²) >= 11 is 0. The van der Waals surface area contributed by atoms with Crippen molar-refractivity contribution in [1.29, 1.82) is 0 Å². The van der Waals surface area contributed by atoms with Gasteiger partial charge in [-0.25, -0.2) is 13.1 Å². The average molecular weight is 442 g/mol. The number of hydrogen-bond donors (Lipinski definition) is 2. The van der Waals surface area contributed by atoms with Gasteiger partial charge in [0.25, 0.3) is 5.91 Å². The molecule has 2 amide bonds.